The monoisotopic (exact) mass is 364 g/mol. The summed E-state index contributed by atoms with van der Waals surface area (Å²) in [6, 6.07) is 0. The minimum Gasteiger partial charge on any atom is -0.444 e. The smallest absolute Gasteiger partial charge is 0.410 e. The van der Waals surface area contributed by atoms with E-state index >= 15 is 0 Å². The van der Waals surface area contributed by atoms with Crippen LogP contribution in [0.4, 0.5) is 4.79 Å². The average Bonchev–Trinajstić information content (AvgIpc) is 2.76. The highest BCUT2D eigenvalue weighted by atomic mass is 32.3. The molecule has 1 atom stereocenters. The summed E-state index contributed by atoms with van der Waals surface area (Å²) in [5, 5.41) is 4.09. The Morgan fingerprint density at radius 2 is 1.92 bits per heavy atom. The Kier molecular flexibility index (Phi) is 5.25. The SMILES string of the molecule is CN1C(C2CCN(C(=O)OC(C)(C)C)CC2)=NNC1OS(=O)(=O)O. The van der Waals surface area contributed by atoms with E-state index in [9.17, 15) is 13.2 Å². The van der Waals surface area contributed by atoms with Crippen molar-refractivity contribution < 1.29 is 26.7 Å². The zero-order valence-electron chi connectivity index (χ0n) is 14.2. The van der Waals surface area contributed by atoms with Crippen LogP contribution >= 0.6 is 0 Å². The minimum atomic E-state index is -4.58. The summed E-state index contributed by atoms with van der Waals surface area (Å²) in [5.74, 6) is 0.684. The standard InChI is InChI=1S/C13H24N4O6S/c1-13(2,3)22-12(18)17-7-5-9(6-8-17)10-14-15-11(16(10)4)23-24(19,20)21/h9,11,15H,5-8H2,1-4H3,(H,19,20,21). The van der Waals surface area contributed by atoms with Gasteiger partial charge in [0.1, 0.15) is 11.4 Å². The highest BCUT2D eigenvalue weighted by Gasteiger charge is 2.36. The van der Waals surface area contributed by atoms with Crippen LogP contribution in [0.5, 0.6) is 0 Å². The van der Waals surface area contributed by atoms with E-state index in [4.69, 9.17) is 9.29 Å². The Bertz CT molecular complexity index is 606. The number of amidine groups is 1. The molecule has 1 saturated heterocycles. The average molecular weight is 364 g/mol. The molecule has 1 amide bonds. The van der Waals surface area contributed by atoms with Crippen molar-refractivity contribution in [1.29, 1.82) is 0 Å². The number of carbonyl (C=O) groups excluding carboxylic acids is 1. The van der Waals surface area contributed by atoms with Crippen LogP contribution in [0.1, 0.15) is 33.6 Å². The molecule has 0 aromatic carbocycles. The largest absolute Gasteiger partial charge is 0.444 e. The number of ether oxygens (including phenoxy) is 1. The van der Waals surface area contributed by atoms with Crippen molar-refractivity contribution in [3.63, 3.8) is 0 Å². The van der Waals surface area contributed by atoms with E-state index in [-0.39, 0.29) is 12.0 Å². The third-order valence-electron chi connectivity index (χ3n) is 3.73. The Labute approximate surface area is 141 Å². The summed E-state index contributed by atoms with van der Waals surface area (Å²) in [4.78, 5) is 15.2. The quantitative estimate of drug-likeness (QED) is 0.698. The van der Waals surface area contributed by atoms with Gasteiger partial charge in [0.15, 0.2) is 0 Å². The number of hydrogen-bond donors (Lipinski definition) is 2. The van der Waals surface area contributed by atoms with Crippen molar-refractivity contribution in [3.05, 3.63) is 0 Å². The molecular weight excluding hydrogens is 340 g/mol. The molecule has 0 bridgehead atoms. The normalized spacial score (nSPS) is 23.0. The number of amides is 1. The van der Waals surface area contributed by atoms with Crippen LogP contribution in [-0.2, 0) is 19.3 Å². The van der Waals surface area contributed by atoms with Crippen LogP contribution in [-0.4, -0.2) is 66.8 Å². The zero-order valence-corrected chi connectivity index (χ0v) is 15.0. The van der Waals surface area contributed by atoms with Crippen molar-refractivity contribution >= 4 is 22.3 Å². The molecule has 0 radical (unpaired) electrons. The van der Waals surface area contributed by atoms with E-state index < -0.39 is 22.4 Å². The Hall–Kier alpha value is -1.59. The fourth-order valence-electron chi connectivity index (χ4n) is 2.63. The predicted molar refractivity (Wildman–Crippen MR) is 85.3 cm³/mol. The number of nitrogens with one attached hydrogen (secondary N) is 1. The molecule has 0 aliphatic carbocycles. The van der Waals surface area contributed by atoms with Gasteiger partial charge in [-0.15, -0.1) is 0 Å². The molecule has 138 valence electrons. The molecule has 10 nitrogen and oxygen atoms in total. The van der Waals surface area contributed by atoms with Crippen molar-refractivity contribution in [1.82, 2.24) is 15.2 Å². The van der Waals surface area contributed by atoms with Gasteiger partial charge in [-0.1, -0.05) is 0 Å². The molecule has 2 aliphatic heterocycles. The van der Waals surface area contributed by atoms with E-state index in [0.717, 1.165) is 0 Å². The maximum absolute atomic E-state index is 12.1. The molecule has 11 heteroatoms. The van der Waals surface area contributed by atoms with Crippen LogP contribution in [0, 0.1) is 5.92 Å². The molecule has 2 rings (SSSR count). The number of likely N-dealkylation sites (tertiary alicyclic amines) is 1. The minimum absolute atomic E-state index is 0.0520. The molecule has 0 aromatic heterocycles. The number of hydrazone groups is 1. The first-order valence-electron chi connectivity index (χ1n) is 7.66. The van der Waals surface area contributed by atoms with Gasteiger partial charge in [-0.25, -0.2) is 8.98 Å². The van der Waals surface area contributed by atoms with Crippen LogP contribution in [0.25, 0.3) is 0 Å². The first-order valence-corrected chi connectivity index (χ1v) is 9.02. The molecular formula is C13H24N4O6S. The van der Waals surface area contributed by atoms with Gasteiger partial charge in [0, 0.05) is 26.1 Å². The molecule has 1 fully saturated rings. The van der Waals surface area contributed by atoms with Crippen molar-refractivity contribution in [2.24, 2.45) is 11.0 Å². The van der Waals surface area contributed by atoms with Gasteiger partial charge in [-0.2, -0.15) is 13.5 Å². The second-order valence-corrected chi connectivity index (χ2v) is 7.88. The lowest BCUT2D eigenvalue weighted by atomic mass is 9.95. The summed E-state index contributed by atoms with van der Waals surface area (Å²) in [7, 11) is -2.96. The molecule has 2 aliphatic rings. The third-order valence-corrected chi connectivity index (χ3v) is 4.15. The molecule has 0 saturated carbocycles. The lowest BCUT2D eigenvalue weighted by Gasteiger charge is -2.34. The number of rotatable bonds is 3. The second-order valence-electron chi connectivity index (χ2n) is 6.83. The van der Waals surface area contributed by atoms with E-state index in [1.807, 2.05) is 20.8 Å². The summed E-state index contributed by atoms with van der Waals surface area (Å²) < 4.78 is 40.2. The van der Waals surface area contributed by atoms with E-state index in [0.29, 0.717) is 31.8 Å². The summed E-state index contributed by atoms with van der Waals surface area (Å²) >= 11 is 0. The maximum atomic E-state index is 12.1. The summed E-state index contributed by atoms with van der Waals surface area (Å²) in [6.45, 7) is 6.51. The first kappa shape index (κ1) is 18.7. The summed E-state index contributed by atoms with van der Waals surface area (Å²) in [5.41, 5.74) is 1.99. The van der Waals surface area contributed by atoms with Gasteiger partial charge in [0.25, 0.3) is 0 Å². The first-order chi connectivity index (χ1) is 11.0. The fraction of sp³-hybridized carbons (Fsp3) is 0.846. The number of piperidine rings is 1. The highest BCUT2D eigenvalue weighted by Crippen LogP contribution is 2.24. The van der Waals surface area contributed by atoms with E-state index in [1.165, 1.54) is 4.90 Å². The van der Waals surface area contributed by atoms with Crippen LogP contribution < -0.4 is 5.43 Å². The van der Waals surface area contributed by atoms with Gasteiger partial charge in [-0.05, 0) is 33.6 Å². The van der Waals surface area contributed by atoms with Crippen molar-refractivity contribution in [3.8, 4) is 0 Å². The molecule has 24 heavy (non-hydrogen) atoms. The number of nitrogens with zero attached hydrogens (tertiary/aromatic N) is 3. The Morgan fingerprint density at radius 1 is 1.33 bits per heavy atom. The topological polar surface area (TPSA) is 121 Å². The van der Waals surface area contributed by atoms with E-state index in [1.54, 1.807) is 11.9 Å². The maximum Gasteiger partial charge on any atom is 0.410 e. The zero-order chi connectivity index (χ0) is 18.1. The fourth-order valence-corrected chi connectivity index (χ4v) is 3.04. The third kappa shape index (κ3) is 4.95. The Balaban J connectivity index is 1.88. The van der Waals surface area contributed by atoms with Gasteiger partial charge in [0.05, 0.1) is 0 Å². The molecule has 0 aromatic rings. The lowest BCUT2D eigenvalue weighted by Crippen LogP contribution is -2.46. The Morgan fingerprint density at radius 3 is 2.42 bits per heavy atom. The molecule has 1 unspecified atom stereocenters. The predicted octanol–water partition coefficient (Wildman–Crippen LogP) is 0.585. The number of hydrogen-bond acceptors (Lipinski definition) is 8. The van der Waals surface area contributed by atoms with Crippen molar-refractivity contribution in [2.75, 3.05) is 20.1 Å². The molecule has 0 spiro atoms. The van der Waals surface area contributed by atoms with E-state index in [2.05, 4.69) is 14.7 Å². The summed E-state index contributed by atoms with van der Waals surface area (Å²) in [6.07, 6.45) is -0.0713. The van der Waals surface area contributed by atoms with Crippen LogP contribution in [0.2, 0.25) is 0 Å². The number of carbonyl (C=O) groups is 1. The van der Waals surface area contributed by atoms with Gasteiger partial charge in [0.2, 0.25) is 6.35 Å². The van der Waals surface area contributed by atoms with Crippen LogP contribution in [0.3, 0.4) is 0 Å². The second kappa shape index (κ2) is 6.73. The molecule has 2 N–H and O–H groups in total. The molecule has 2 heterocycles. The van der Waals surface area contributed by atoms with Gasteiger partial charge < -0.3 is 14.5 Å². The van der Waals surface area contributed by atoms with Gasteiger partial charge in [-0.3, -0.25) is 9.98 Å². The van der Waals surface area contributed by atoms with Crippen molar-refractivity contribution in [2.45, 2.75) is 45.6 Å². The van der Waals surface area contributed by atoms with Crippen LogP contribution in [0.15, 0.2) is 5.10 Å². The van der Waals surface area contributed by atoms with Gasteiger partial charge >= 0.3 is 16.5 Å². The highest BCUT2D eigenvalue weighted by molar-refractivity contribution is 7.80. The lowest BCUT2D eigenvalue weighted by molar-refractivity contribution is 0.0194.